The molecule has 2 atom stereocenters. The molecule has 0 aliphatic carbocycles. The first-order chi connectivity index (χ1) is 14.4. The van der Waals surface area contributed by atoms with Crippen molar-refractivity contribution in [1.82, 2.24) is 25.1 Å². The fourth-order valence-corrected chi connectivity index (χ4v) is 3.80. The largest absolute Gasteiger partial charge is 0.444 e. The van der Waals surface area contributed by atoms with E-state index in [0.717, 1.165) is 31.8 Å². The minimum atomic E-state index is -0.740. The van der Waals surface area contributed by atoms with Crippen LogP contribution in [0.4, 0.5) is 4.79 Å². The second-order valence-corrected chi connectivity index (χ2v) is 9.44. The third-order valence-electron chi connectivity index (χ3n) is 5.26. The van der Waals surface area contributed by atoms with Crippen molar-refractivity contribution >= 4 is 12.1 Å². The Morgan fingerprint density at radius 3 is 2.61 bits per heavy atom. The second-order valence-electron chi connectivity index (χ2n) is 9.44. The van der Waals surface area contributed by atoms with Crippen LogP contribution < -0.4 is 10.6 Å². The minimum absolute atomic E-state index is 0.133. The Morgan fingerprint density at radius 1 is 1.32 bits per heavy atom. The summed E-state index contributed by atoms with van der Waals surface area (Å²) in [7, 11) is 1.74. The van der Waals surface area contributed by atoms with E-state index in [4.69, 9.17) is 9.47 Å². The molecule has 1 aromatic rings. The zero-order chi connectivity index (χ0) is 23.2. The van der Waals surface area contributed by atoms with E-state index in [1.54, 1.807) is 11.9 Å². The Morgan fingerprint density at radius 2 is 2.03 bits per heavy atom. The van der Waals surface area contributed by atoms with Crippen LogP contribution in [-0.2, 0) is 16.0 Å². The Labute approximate surface area is 186 Å². The summed E-state index contributed by atoms with van der Waals surface area (Å²) in [5.41, 5.74) is -1.31. The molecular formula is C22H40N6O3. The quantitative estimate of drug-likeness (QED) is 0.388. The van der Waals surface area contributed by atoms with E-state index in [0.29, 0.717) is 12.5 Å². The highest BCUT2D eigenvalue weighted by molar-refractivity contribution is 5.79. The minimum Gasteiger partial charge on any atom is -0.444 e. The molecule has 1 fully saturated rings. The van der Waals surface area contributed by atoms with Gasteiger partial charge in [0.2, 0.25) is 0 Å². The van der Waals surface area contributed by atoms with Gasteiger partial charge in [-0.25, -0.2) is 9.78 Å². The molecule has 2 rings (SSSR count). The maximum atomic E-state index is 12.9. The van der Waals surface area contributed by atoms with Crippen LogP contribution in [0.25, 0.3) is 0 Å². The summed E-state index contributed by atoms with van der Waals surface area (Å²) in [4.78, 5) is 23.1. The van der Waals surface area contributed by atoms with Crippen LogP contribution in [0.2, 0.25) is 0 Å². The van der Waals surface area contributed by atoms with Crippen molar-refractivity contribution in [2.75, 3.05) is 20.1 Å². The Kier molecular flexibility index (Phi) is 8.34. The molecule has 0 radical (unpaired) electrons. The van der Waals surface area contributed by atoms with Gasteiger partial charge in [-0.05, 0) is 61.3 Å². The fourth-order valence-electron chi connectivity index (χ4n) is 3.80. The lowest BCUT2D eigenvalue weighted by atomic mass is 10.1. The Hall–Kier alpha value is -2.29. The number of amides is 1. The highest BCUT2D eigenvalue weighted by atomic mass is 16.6. The number of aromatic nitrogens is 2. The average molecular weight is 437 g/mol. The van der Waals surface area contributed by atoms with Gasteiger partial charge < -0.3 is 24.7 Å². The number of hydrogen-bond acceptors (Lipinski definition) is 5. The number of carbonyl (C=O) groups is 1. The SMILES string of the molecule is CN=C(NCCCCn1ccnc1C)NCC1C(C)OC(C)(C)N1C(=O)OC(C)(C)C. The monoisotopic (exact) mass is 436 g/mol. The Balaban J connectivity index is 1.84. The number of hydrogen-bond donors (Lipinski definition) is 2. The van der Waals surface area contributed by atoms with Crippen LogP contribution in [0.1, 0.15) is 60.2 Å². The molecule has 0 bridgehead atoms. The van der Waals surface area contributed by atoms with Gasteiger partial charge in [-0.2, -0.15) is 0 Å². The van der Waals surface area contributed by atoms with Crippen molar-refractivity contribution in [3.05, 3.63) is 18.2 Å². The lowest BCUT2D eigenvalue weighted by molar-refractivity contribution is -0.0755. The van der Waals surface area contributed by atoms with Gasteiger partial charge >= 0.3 is 6.09 Å². The van der Waals surface area contributed by atoms with Gasteiger partial charge in [0.05, 0.1) is 12.1 Å². The average Bonchev–Trinajstić information content (AvgIpc) is 3.14. The lowest BCUT2D eigenvalue weighted by Crippen LogP contribution is -2.54. The summed E-state index contributed by atoms with van der Waals surface area (Å²) in [5, 5.41) is 6.68. The third-order valence-corrected chi connectivity index (χ3v) is 5.26. The van der Waals surface area contributed by atoms with E-state index >= 15 is 0 Å². The van der Waals surface area contributed by atoms with Crippen molar-refractivity contribution < 1.29 is 14.3 Å². The number of rotatable bonds is 7. The van der Waals surface area contributed by atoms with Gasteiger partial charge in [-0.15, -0.1) is 0 Å². The van der Waals surface area contributed by atoms with Crippen LogP contribution >= 0.6 is 0 Å². The van der Waals surface area contributed by atoms with Gasteiger partial charge in [0.1, 0.15) is 17.2 Å². The summed E-state index contributed by atoms with van der Waals surface area (Å²) >= 11 is 0. The maximum Gasteiger partial charge on any atom is 0.412 e. The fraction of sp³-hybridized carbons (Fsp3) is 0.773. The molecule has 1 amide bonds. The molecule has 9 heteroatoms. The zero-order valence-corrected chi connectivity index (χ0v) is 20.4. The van der Waals surface area contributed by atoms with Crippen LogP contribution in [0.15, 0.2) is 17.4 Å². The van der Waals surface area contributed by atoms with Gasteiger partial charge in [0.25, 0.3) is 0 Å². The number of nitrogens with one attached hydrogen (secondary N) is 2. The first-order valence-corrected chi connectivity index (χ1v) is 11.1. The van der Waals surface area contributed by atoms with Crippen LogP contribution in [0.5, 0.6) is 0 Å². The summed E-state index contributed by atoms with van der Waals surface area (Å²) < 4.78 is 13.8. The van der Waals surface area contributed by atoms with E-state index in [2.05, 4.69) is 25.2 Å². The van der Waals surface area contributed by atoms with Gasteiger partial charge in [0, 0.05) is 39.1 Å². The molecule has 0 saturated carbocycles. The number of unbranched alkanes of at least 4 members (excludes halogenated alkanes) is 1. The second kappa shape index (κ2) is 10.3. The molecule has 2 unspecified atom stereocenters. The van der Waals surface area contributed by atoms with Crippen molar-refractivity contribution in [2.24, 2.45) is 4.99 Å². The molecule has 0 spiro atoms. The zero-order valence-electron chi connectivity index (χ0n) is 20.4. The number of aliphatic imine (C=N–C) groups is 1. The first kappa shape index (κ1) is 25.0. The van der Waals surface area contributed by atoms with Crippen molar-refractivity contribution in [3.8, 4) is 0 Å². The topological polar surface area (TPSA) is 93.0 Å². The summed E-state index contributed by atoms with van der Waals surface area (Å²) in [6.07, 6.45) is 5.40. The molecular weight excluding hydrogens is 396 g/mol. The van der Waals surface area contributed by atoms with Crippen LogP contribution in [0, 0.1) is 6.92 Å². The predicted molar refractivity (Wildman–Crippen MR) is 122 cm³/mol. The number of nitrogens with zero attached hydrogens (tertiary/aromatic N) is 4. The maximum absolute atomic E-state index is 12.9. The molecule has 1 saturated heterocycles. The molecule has 2 N–H and O–H groups in total. The van der Waals surface area contributed by atoms with E-state index < -0.39 is 11.3 Å². The summed E-state index contributed by atoms with van der Waals surface area (Å²) in [6, 6.07) is -0.174. The number of ether oxygens (including phenoxy) is 2. The first-order valence-electron chi connectivity index (χ1n) is 11.1. The van der Waals surface area contributed by atoms with E-state index in [1.807, 2.05) is 60.9 Å². The number of aryl methyl sites for hydroxylation is 2. The van der Waals surface area contributed by atoms with Crippen molar-refractivity contribution in [1.29, 1.82) is 0 Å². The third kappa shape index (κ3) is 7.12. The van der Waals surface area contributed by atoms with E-state index in [-0.39, 0.29) is 18.2 Å². The molecule has 0 aromatic carbocycles. The number of carbonyl (C=O) groups excluding carboxylic acids is 1. The highest BCUT2D eigenvalue weighted by Crippen LogP contribution is 2.33. The molecule has 31 heavy (non-hydrogen) atoms. The van der Waals surface area contributed by atoms with Gasteiger partial charge in [-0.1, -0.05) is 0 Å². The summed E-state index contributed by atoms with van der Waals surface area (Å²) in [6.45, 7) is 15.7. The Bertz CT molecular complexity index is 753. The summed E-state index contributed by atoms with van der Waals surface area (Å²) in [5.74, 6) is 1.75. The normalized spacial score (nSPS) is 21.3. The van der Waals surface area contributed by atoms with E-state index in [9.17, 15) is 4.79 Å². The standard InChI is InChI=1S/C22H40N6O3/c1-16-18(28(22(6,7)30-16)20(29)31-21(3,4)5)15-26-19(23-8)25-11-9-10-13-27-14-12-24-17(27)2/h12,14,16,18H,9-11,13,15H2,1-8H3,(H2,23,25,26). The molecule has 1 aromatic heterocycles. The van der Waals surface area contributed by atoms with Gasteiger partial charge in [0.15, 0.2) is 5.96 Å². The predicted octanol–water partition coefficient (Wildman–Crippen LogP) is 2.90. The molecule has 1 aliphatic heterocycles. The van der Waals surface area contributed by atoms with Gasteiger partial charge in [-0.3, -0.25) is 9.89 Å². The van der Waals surface area contributed by atoms with Crippen LogP contribution in [-0.4, -0.2) is 70.1 Å². The van der Waals surface area contributed by atoms with E-state index in [1.165, 1.54) is 0 Å². The molecule has 9 nitrogen and oxygen atoms in total. The molecule has 1 aliphatic rings. The van der Waals surface area contributed by atoms with Crippen LogP contribution in [0.3, 0.4) is 0 Å². The number of guanidine groups is 1. The molecule has 2 heterocycles. The molecule has 176 valence electrons. The van der Waals surface area contributed by atoms with Crippen molar-refractivity contribution in [3.63, 3.8) is 0 Å². The lowest BCUT2D eigenvalue weighted by Gasteiger charge is -2.35. The highest BCUT2D eigenvalue weighted by Gasteiger charge is 2.49. The van der Waals surface area contributed by atoms with Crippen molar-refractivity contribution in [2.45, 2.75) is 91.3 Å². The smallest absolute Gasteiger partial charge is 0.412 e. The number of imidazole rings is 1.